The maximum Gasteiger partial charge on any atom is 0.231 e. The van der Waals surface area contributed by atoms with E-state index in [1.165, 1.54) is 25.0 Å². The summed E-state index contributed by atoms with van der Waals surface area (Å²) < 4.78 is 19.0. The molecule has 0 radical (unpaired) electrons. The van der Waals surface area contributed by atoms with E-state index in [2.05, 4.69) is 22.1 Å². The lowest BCUT2D eigenvalue weighted by atomic mass is 9.93. The van der Waals surface area contributed by atoms with E-state index in [-0.39, 0.29) is 17.6 Å². The molecule has 0 spiro atoms. The molecule has 1 atom stereocenters. The minimum absolute atomic E-state index is 0.0463. The fourth-order valence-electron chi connectivity index (χ4n) is 4.17. The van der Waals surface area contributed by atoms with Crippen molar-refractivity contribution in [2.75, 3.05) is 26.7 Å². The van der Waals surface area contributed by atoms with Gasteiger partial charge in [0.05, 0.1) is 5.92 Å². The molecule has 2 saturated heterocycles. The first kappa shape index (κ1) is 19.1. The van der Waals surface area contributed by atoms with E-state index >= 15 is 0 Å². The second-order valence-electron chi connectivity index (χ2n) is 8.14. The van der Waals surface area contributed by atoms with Crippen molar-refractivity contribution < 1.29 is 13.7 Å². The second kappa shape index (κ2) is 8.39. The SMILES string of the molecule is CN1CCC(Cc2noc([C@@H]3CCC(=O)N(Cc4cccc(F)c4)C3)n2)CC1. The van der Waals surface area contributed by atoms with Gasteiger partial charge in [-0.1, -0.05) is 17.3 Å². The Balaban J connectivity index is 1.37. The van der Waals surface area contributed by atoms with Crippen LogP contribution >= 0.6 is 0 Å². The molecule has 0 unspecified atom stereocenters. The van der Waals surface area contributed by atoms with E-state index in [0.717, 1.165) is 30.9 Å². The Morgan fingerprint density at radius 1 is 1.25 bits per heavy atom. The number of benzene rings is 1. The third-order valence-corrected chi connectivity index (χ3v) is 5.91. The number of piperidine rings is 2. The number of aromatic nitrogens is 2. The number of nitrogens with zero attached hydrogens (tertiary/aromatic N) is 4. The van der Waals surface area contributed by atoms with Gasteiger partial charge in [-0.3, -0.25) is 4.79 Å². The van der Waals surface area contributed by atoms with Crippen LogP contribution in [0.3, 0.4) is 0 Å². The summed E-state index contributed by atoms with van der Waals surface area (Å²) in [5.74, 6) is 1.86. The van der Waals surface area contributed by atoms with Crippen LogP contribution in [0.1, 0.15) is 48.9 Å². The van der Waals surface area contributed by atoms with Crippen molar-refractivity contribution >= 4 is 5.91 Å². The number of rotatable bonds is 5. The van der Waals surface area contributed by atoms with Gasteiger partial charge in [-0.25, -0.2) is 4.39 Å². The van der Waals surface area contributed by atoms with Gasteiger partial charge in [0.15, 0.2) is 5.82 Å². The molecule has 2 fully saturated rings. The molecule has 0 aliphatic carbocycles. The summed E-state index contributed by atoms with van der Waals surface area (Å²) in [6.45, 7) is 3.18. The van der Waals surface area contributed by atoms with E-state index in [0.29, 0.717) is 37.7 Å². The molecular weight excluding hydrogens is 359 g/mol. The quantitative estimate of drug-likeness (QED) is 0.791. The molecular formula is C21H27FN4O2. The zero-order valence-electron chi connectivity index (χ0n) is 16.3. The predicted molar refractivity (Wildman–Crippen MR) is 102 cm³/mol. The van der Waals surface area contributed by atoms with Crippen LogP contribution in [0.2, 0.25) is 0 Å². The first-order chi connectivity index (χ1) is 13.6. The molecule has 7 heteroatoms. The zero-order valence-corrected chi connectivity index (χ0v) is 16.3. The van der Waals surface area contributed by atoms with Crippen LogP contribution in [-0.2, 0) is 17.8 Å². The number of carbonyl (C=O) groups is 1. The van der Waals surface area contributed by atoms with Gasteiger partial charge in [0.1, 0.15) is 5.82 Å². The number of likely N-dealkylation sites (tertiary alicyclic amines) is 2. The lowest BCUT2D eigenvalue weighted by Gasteiger charge is -2.31. The van der Waals surface area contributed by atoms with E-state index < -0.39 is 0 Å². The van der Waals surface area contributed by atoms with Gasteiger partial charge in [0.25, 0.3) is 0 Å². The van der Waals surface area contributed by atoms with Crippen LogP contribution in [0.15, 0.2) is 28.8 Å². The van der Waals surface area contributed by atoms with E-state index in [9.17, 15) is 9.18 Å². The summed E-state index contributed by atoms with van der Waals surface area (Å²) >= 11 is 0. The molecule has 3 heterocycles. The molecule has 150 valence electrons. The largest absolute Gasteiger partial charge is 0.339 e. The van der Waals surface area contributed by atoms with Gasteiger partial charge in [0.2, 0.25) is 11.8 Å². The summed E-state index contributed by atoms with van der Waals surface area (Å²) in [6, 6.07) is 6.40. The fraction of sp³-hybridized carbons (Fsp3) is 0.571. The van der Waals surface area contributed by atoms with Crippen LogP contribution in [-0.4, -0.2) is 52.5 Å². The lowest BCUT2D eigenvalue weighted by molar-refractivity contribution is -0.134. The van der Waals surface area contributed by atoms with Crippen molar-refractivity contribution in [3.8, 4) is 0 Å². The lowest BCUT2D eigenvalue weighted by Crippen LogP contribution is -2.38. The van der Waals surface area contributed by atoms with Crippen molar-refractivity contribution in [2.45, 2.75) is 44.6 Å². The number of hydrogen-bond acceptors (Lipinski definition) is 5. The smallest absolute Gasteiger partial charge is 0.231 e. The zero-order chi connectivity index (χ0) is 19.5. The predicted octanol–water partition coefficient (Wildman–Crippen LogP) is 3.00. The maximum absolute atomic E-state index is 13.4. The van der Waals surface area contributed by atoms with Crippen LogP contribution < -0.4 is 0 Å². The third kappa shape index (κ3) is 4.58. The highest BCUT2D eigenvalue weighted by molar-refractivity contribution is 5.77. The molecule has 1 aromatic carbocycles. The molecule has 0 N–H and O–H groups in total. The Morgan fingerprint density at radius 2 is 2.07 bits per heavy atom. The van der Waals surface area contributed by atoms with E-state index in [1.54, 1.807) is 11.0 Å². The van der Waals surface area contributed by atoms with Crippen molar-refractivity contribution in [2.24, 2.45) is 5.92 Å². The van der Waals surface area contributed by atoms with Crippen LogP contribution in [0.5, 0.6) is 0 Å². The monoisotopic (exact) mass is 386 g/mol. The molecule has 1 amide bonds. The van der Waals surface area contributed by atoms with Crippen molar-refractivity contribution in [1.82, 2.24) is 19.9 Å². The molecule has 2 aromatic rings. The minimum Gasteiger partial charge on any atom is -0.339 e. The summed E-state index contributed by atoms with van der Waals surface area (Å²) in [5.41, 5.74) is 0.794. The average Bonchev–Trinajstić information content (AvgIpc) is 3.14. The Kier molecular flexibility index (Phi) is 5.71. The molecule has 4 rings (SSSR count). The number of hydrogen-bond donors (Lipinski definition) is 0. The molecule has 1 aromatic heterocycles. The van der Waals surface area contributed by atoms with E-state index in [4.69, 9.17) is 4.52 Å². The second-order valence-corrected chi connectivity index (χ2v) is 8.14. The van der Waals surface area contributed by atoms with Crippen LogP contribution in [0.4, 0.5) is 4.39 Å². The maximum atomic E-state index is 13.4. The molecule has 2 aliphatic rings. The number of amides is 1. The number of halogens is 1. The van der Waals surface area contributed by atoms with Crippen LogP contribution in [0, 0.1) is 11.7 Å². The summed E-state index contributed by atoms with van der Waals surface area (Å²) in [5, 5.41) is 4.19. The highest BCUT2D eigenvalue weighted by Crippen LogP contribution is 2.28. The summed E-state index contributed by atoms with van der Waals surface area (Å²) in [6.07, 6.45) is 4.36. The third-order valence-electron chi connectivity index (χ3n) is 5.91. The summed E-state index contributed by atoms with van der Waals surface area (Å²) in [4.78, 5) is 21.1. The Hall–Kier alpha value is -2.28. The number of carbonyl (C=O) groups excluding carboxylic acids is 1. The minimum atomic E-state index is -0.283. The van der Waals surface area contributed by atoms with Gasteiger partial charge in [-0.2, -0.15) is 4.98 Å². The molecule has 2 aliphatic heterocycles. The topological polar surface area (TPSA) is 62.5 Å². The van der Waals surface area contributed by atoms with Gasteiger partial charge >= 0.3 is 0 Å². The van der Waals surface area contributed by atoms with Crippen LogP contribution in [0.25, 0.3) is 0 Å². The summed E-state index contributed by atoms with van der Waals surface area (Å²) in [7, 11) is 2.16. The van der Waals surface area contributed by atoms with Crippen molar-refractivity contribution in [3.63, 3.8) is 0 Å². The highest BCUT2D eigenvalue weighted by Gasteiger charge is 2.30. The molecule has 0 saturated carbocycles. The first-order valence-corrected chi connectivity index (χ1v) is 10.1. The van der Waals surface area contributed by atoms with Gasteiger partial charge < -0.3 is 14.3 Å². The molecule has 0 bridgehead atoms. The highest BCUT2D eigenvalue weighted by atomic mass is 19.1. The van der Waals surface area contributed by atoms with E-state index in [1.807, 2.05) is 6.07 Å². The van der Waals surface area contributed by atoms with Crippen molar-refractivity contribution in [1.29, 1.82) is 0 Å². The average molecular weight is 386 g/mol. The van der Waals surface area contributed by atoms with Crippen molar-refractivity contribution in [3.05, 3.63) is 47.4 Å². The normalized spacial score (nSPS) is 22.0. The first-order valence-electron chi connectivity index (χ1n) is 10.1. The van der Waals surface area contributed by atoms with Gasteiger partial charge in [0, 0.05) is 25.9 Å². The van der Waals surface area contributed by atoms with Gasteiger partial charge in [-0.05, 0) is 63.0 Å². The standard InChI is InChI=1S/C21H27FN4O2/c1-25-9-7-15(8-10-25)12-19-23-21(28-24-19)17-5-6-20(27)26(14-17)13-16-3-2-4-18(22)11-16/h2-4,11,15,17H,5-10,12-14H2,1H3/t17-/m1/s1. The Labute approximate surface area is 164 Å². The molecule has 28 heavy (non-hydrogen) atoms. The Bertz CT molecular complexity index is 816. The Morgan fingerprint density at radius 3 is 2.86 bits per heavy atom. The fourth-order valence-corrected chi connectivity index (χ4v) is 4.17. The molecule has 6 nitrogen and oxygen atoms in total. The van der Waals surface area contributed by atoms with Gasteiger partial charge in [-0.15, -0.1) is 0 Å².